The third-order valence-electron chi connectivity index (χ3n) is 5.07. The number of carbonyl (C=O) groups is 2. The predicted octanol–water partition coefficient (Wildman–Crippen LogP) is 2.16. The first-order chi connectivity index (χ1) is 13.7. The number of nitrogens with zero attached hydrogens (tertiary/aromatic N) is 1. The van der Waals surface area contributed by atoms with Crippen molar-refractivity contribution in [1.82, 2.24) is 4.90 Å². The van der Waals surface area contributed by atoms with Crippen molar-refractivity contribution < 1.29 is 31.9 Å². The second-order valence-electron chi connectivity index (χ2n) is 7.10. The Morgan fingerprint density at radius 3 is 2.69 bits per heavy atom. The minimum Gasteiger partial charge on any atom is -0.449 e. The van der Waals surface area contributed by atoms with E-state index < -0.39 is 33.9 Å². The van der Waals surface area contributed by atoms with E-state index in [9.17, 15) is 18.0 Å². The van der Waals surface area contributed by atoms with Crippen LogP contribution in [0.15, 0.2) is 28.7 Å². The molecule has 29 heavy (non-hydrogen) atoms. The molecule has 2 atom stereocenters. The molecule has 1 aliphatic rings. The van der Waals surface area contributed by atoms with Crippen LogP contribution >= 0.6 is 0 Å². The lowest BCUT2D eigenvalue weighted by molar-refractivity contribution is -0.140. The van der Waals surface area contributed by atoms with Crippen LogP contribution in [0.1, 0.15) is 36.4 Å². The minimum atomic E-state index is -3.13. The fraction of sp³-hybridized carbons (Fsp3) is 0.500. The van der Waals surface area contributed by atoms with Gasteiger partial charge in [-0.25, -0.2) is 13.2 Å². The third kappa shape index (κ3) is 4.62. The van der Waals surface area contributed by atoms with E-state index in [-0.39, 0.29) is 23.9 Å². The summed E-state index contributed by atoms with van der Waals surface area (Å²) in [5.74, 6) is -1.22. The van der Waals surface area contributed by atoms with Crippen molar-refractivity contribution in [2.75, 3.05) is 25.2 Å². The van der Waals surface area contributed by atoms with Crippen LogP contribution in [0, 0.1) is 0 Å². The first-order valence-corrected chi connectivity index (χ1v) is 11.3. The number of rotatable bonds is 7. The highest BCUT2D eigenvalue weighted by Gasteiger charge is 2.35. The molecular formula is C20H25NO7S. The first-order valence-electron chi connectivity index (χ1n) is 9.49. The summed E-state index contributed by atoms with van der Waals surface area (Å²) in [5, 5.41) is 0.750. The number of amides is 1. The van der Waals surface area contributed by atoms with Gasteiger partial charge < -0.3 is 18.8 Å². The number of esters is 1. The molecule has 0 radical (unpaired) electrons. The molecule has 2 aromatic rings. The van der Waals surface area contributed by atoms with E-state index in [1.54, 1.807) is 12.1 Å². The zero-order chi connectivity index (χ0) is 21.2. The Hall–Kier alpha value is -2.39. The standard InChI is InChI=1S/C20H25NO7S/c1-4-26-11-16-15-7-5-6-8-17(15)28-18(16)20(23)27-13(2)19(22)21(3)14-9-10-29(24,25)12-14/h5-8,13-14H,4,9-12H2,1-3H3/t13-,14-/m1/s1. The van der Waals surface area contributed by atoms with Gasteiger partial charge in [0, 0.05) is 30.6 Å². The van der Waals surface area contributed by atoms with E-state index in [4.69, 9.17) is 13.9 Å². The molecule has 1 amide bonds. The lowest BCUT2D eigenvalue weighted by Crippen LogP contribution is -2.44. The van der Waals surface area contributed by atoms with Crippen molar-refractivity contribution in [3.63, 3.8) is 0 Å². The highest BCUT2D eigenvalue weighted by Crippen LogP contribution is 2.28. The zero-order valence-electron chi connectivity index (χ0n) is 16.7. The molecule has 0 spiro atoms. The lowest BCUT2D eigenvalue weighted by Gasteiger charge is -2.26. The fourth-order valence-electron chi connectivity index (χ4n) is 3.42. The van der Waals surface area contributed by atoms with E-state index in [0.717, 1.165) is 5.39 Å². The zero-order valence-corrected chi connectivity index (χ0v) is 17.5. The summed E-state index contributed by atoms with van der Waals surface area (Å²) in [7, 11) is -1.60. The summed E-state index contributed by atoms with van der Waals surface area (Å²) in [6.45, 7) is 3.96. The Morgan fingerprint density at radius 2 is 2.03 bits per heavy atom. The van der Waals surface area contributed by atoms with Crippen molar-refractivity contribution in [2.45, 2.75) is 39.0 Å². The Labute approximate surface area is 169 Å². The van der Waals surface area contributed by atoms with Gasteiger partial charge in [0.1, 0.15) is 5.58 Å². The molecule has 1 aliphatic heterocycles. The molecule has 8 nitrogen and oxygen atoms in total. The number of ether oxygens (including phenoxy) is 2. The molecule has 0 saturated carbocycles. The summed E-state index contributed by atoms with van der Waals surface area (Å²) in [6, 6.07) is 6.78. The normalized spacial score (nSPS) is 19.2. The average molecular weight is 423 g/mol. The molecule has 1 saturated heterocycles. The number of para-hydroxylation sites is 1. The molecule has 1 aromatic carbocycles. The van der Waals surface area contributed by atoms with E-state index >= 15 is 0 Å². The highest BCUT2D eigenvalue weighted by atomic mass is 32.2. The molecule has 3 rings (SSSR count). The second kappa shape index (κ2) is 8.54. The molecule has 0 aliphatic carbocycles. The van der Waals surface area contributed by atoms with Gasteiger partial charge in [-0.3, -0.25) is 4.79 Å². The smallest absolute Gasteiger partial charge is 0.375 e. The summed E-state index contributed by atoms with van der Waals surface area (Å²) in [5.41, 5.74) is 1.10. The number of fused-ring (bicyclic) bond motifs is 1. The summed E-state index contributed by atoms with van der Waals surface area (Å²) >= 11 is 0. The van der Waals surface area contributed by atoms with Gasteiger partial charge >= 0.3 is 5.97 Å². The Balaban J connectivity index is 1.74. The van der Waals surface area contributed by atoms with Crippen molar-refractivity contribution in [2.24, 2.45) is 0 Å². The van der Waals surface area contributed by atoms with Crippen molar-refractivity contribution >= 4 is 32.7 Å². The molecule has 2 heterocycles. The number of carbonyl (C=O) groups excluding carboxylic acids is 2. The van der Waals surface area contributed by atoms with Gasteiger partial charge in [-0.15, -0.1) is 0 Å². The van der Waals surface area contributed by atoms with Crippen molar-refractivity contribution in [3.05, 3.63) is 35.6 Å². The SMILES string of the molecule is CCOCc1c(C(=O)O[C@H](C)C(=O)N(C)[C@@H]2CCS(=O)(=O)C2)oc2ccccc12. The van der Waals surface area contributed by atoms with Gasteiger partial charge in [0.05, 0.1) is 18.1 Å². The van der Waals surface area contributed by atoms with E-state index in [0.29, 0.717) is 24.2 Å². The molecule has 9 heteroatoms. The molecule has 1 aromatic heterocycles. The van der Waals surface area contributed by atoms with Crippen molar-refractivity contribution in [1.29, 1.82) is 0 Å². The van der Waals surface area contributed by atoms with Crippen LogP contribution in [-0.4, -0.2) is 62.5 Å². The molecule has 0 bridgehead atoms. The molecule has 1 fully saturated rings. The largest absolute Gasteiger partial charge is 0.449 e. The van der Waals surface area contributed by atoms with E-state index in [1.165, 1.54) is 18.9 Å². The van der Waals surface area contributed by atoms with Crippen LogP contribution in [0.4, 0.5) is 0 Å². The maximum absolute atomic E-state index is 12.7. The van der Waals surface area contributed by atoms with Gasteiger partial charge in [-0.2, -0.15) is 0 Å². The molecule has 0 unspecified atom stereocenters. The molecular weight excluding hydrogens is 398 g/mol. The van der Waals surface area contributed by atoms with Gasteiger partial charge in [-0.1, -0.05) is 18.2 Å². The number of hydrogen-bond donors (Lipinski definition) is 0. The molecule has 158 valence electrons. The highest BCUT2D eigenvalue weighted by molar-refractivity contribution is 7.91. The quantitative estimate of drug-likeness (QED) is 0.629. The average Bonchev–Trinajstić information content (AvgIpc) is 3.25. The van der Waals surface area contributed by atoms with Crippen LogP contribution < -0.4 is 0 Å². The Morgan fingerprint density at radius 1 is 1.31 bits per heavy atom. The van der Waals surface area contributed by atoms with E-state index in [2.05, 4.69) is 0 Å². The van der Waals surface area contributed by atoms with Crippen LogP contribution in [-0.2, 0) is 30.7 Å². The maximum atomic E-state index is 12.7. The first kappa shape index (κ1) is 21.3. The van der Waals surface area contributed by atoms with Crippen molar-refractivity contribution in [3.8, 4) is 0 Å². The van der Waals surface area contributed by atoms with Crippen LogP contribution in [0.25, 0.3) is 11.0 Å². The third-order valence-corrected chi connectivity index (χ3v) is 6.82. The van der Waals surface area contributed by atoms with Gasteiger partial charge in [0.2, 0.25) is 5.76 Å². The number of benzene rings is 1. The molecule has 0 N–H and O–H groups in total. The summed E-state index contributed by atoms with van der Waals surface area (Å²) < 4.78 is 39.8. The topological polar surface area (TPSA) is 103 Å². The number of likely N-dealkylation sites (N-methyl/N-ethyl adjacent to an activating group) is 1. The van der Waals surface area contributed by atoms with Crippen LogP contribution in [0.3, 0.4) is 0 Å². The summed E-state index contributed by atoms with van der Waals surface area (Å²) in [6.07, 6.45) is -0.697. The van der Waals surface area contributed by atoms with Gasteiger partial charge in [0.25, 0.3) is 5.91 Å². The summed E-state index contributed by atoms with van der Waals surface area (Å²) in [4.78, 5) is 26.7. The monoisotopic (exact) mass is 423 g/mol. The number of hydrogen-bond acceptors (Lipinski definition) is 7. The minimum absolute atomic E-state index is 0.00500. The number of sulfone groups is 1. The second-order valence-corrected chi connectivity index (χ2v) is 9.33. The van der Waals surface area contributed by atoms with E-state index in [1.807, 2.05) is 19.1 Å². The van der Waals surface area contributed by atoms with Gasteiger partial charge in [-0.05, 0) is 26.3 Å². The predicted molar refractivity (Wildman–Crippen MR) is 106 cm³/mol. The van der Waals surface area contributed by atoms with Crippen LogP contribution in [0.2, 0.25) is 0 Å². The maximum Gasteiger partial charge on any atom is 0.375 e. The Bertz CT molecular complexity index is 1010. The number of furan rings is 1. The van der Waals surface area contributed by atoms with Crippen LogP contribution in [0.5, 0.6) is 0 Å². The fourth-order valence-corrected chi connectivity index (χ4v) is 5.20. The Kier molecular flexibility index (Phi) is 6.28. The van der Waals surface area contributed by atoms with Gasteiger partial charge in [0.15, 0.2) is 15.9 Å². The lowest BCUT2D eigenvalue weighted by atomic mass is 10.1.